The number of nitrogens with zero attached hydrogens (tertiary/aromatic N) is 1. The highest BCUT2D eigenvalue weighted by atomic mass is 35.5. The van der Waals surface area contributed by atoms with Gasteiger partial charge in [0.1, 0.15) is 17.9 Å². The summed E-state index contributed by atoms with van der Waals surface area (Å²) in [6.45, 7) is 4.74. The molecule has 2 aromatic carbocycles. The van der Waals surface area contributed by atoms with E-state index in [1.807, 2.05) is 32.0 Å². The number of benzene rings is 2. The molecule has 1 N–H and O–H groups in total. The average molecular weight is 424 g/mol. The van der Waals surface area contributed by atoms with Gasteiger partial charge in [0.25, 0.3) is 0 Å². The van der Waals surface area contributed by atoms with Gasteiger partial charge in [0.2, 0.25) is 17.6 Å². The standard InChI is InChI=1S/C24H23ClN2O3/c1-13-10-14(2)12-17(11-13)27-23(29)19-18-4-3-9-26(18)21(20(19)24(27)30)22(28)15-5-7-16(25)8-6-15/h5-8,10-12,18-21H,3-4,9H2,1-2H3/p+1/t18-,19-,20+,21-/m0/s1. The highest BCUT2D eigenvalue weighted by Crippen LogP contribution is 2.40. The van der Waals surface area contributed by atoms with Crippen LogP contribution in [0.4, 0.5) is 5.69 Å². The van der Waals surface area contributed by atoms with Crippen molar-refractivity contribution in [1.29, 1.82) is 0 Å². The number of quaternary nitrogens is 1. The van der Waals surface area contributed by atoms with Gasteiger partial charge in [-0.25, -0.2) is 4.90 Å². The molecule has 0 bridgehead atoms. The normalized spacial score (nSPS) is 30.0. The van der Waals surface area contributed by atoms with Gasteiger partial charge < -0.3 is 4.90 Å². The van der Waals surface area contributed by atoms with Gasteiger partial charge in [0.15, 0.2) is 6.04 Å². The molecule has 2 amide bonds. The third kappa shape index (κ3) is 2.83. The third-order valence-corrected chi connectivity index (χ3v) is 7.17. The van der Waals surface area contributed by atoms with Crippen LogP contribution >= 0.6 is 11.6 Å². The number of imide groups is 1. The van der Waals surface area contributed by atoms with E-state index in [0.717, 1.165) is 35.4 Å². The van der Waals surface area contributed by atoms with Crippen molar-refractivity contribution in [3.63, 3.8) is 0 Å². The monoisotopic (exact) mass is 423 g/mol. The number of amides is 2. The van der Waals surface area contributed by atoms with Gasteiger partial charge in [-0.2, -0.15) is 0 Å². The highest BCUT2D eigenvalue weighted by molar-refractivity contribution is 6.30. The Labute approximate surface area is 180 Å². The van der Waals surface area contributed by atoms with Crippen LogP contribution in [0.15, 0.2) is 42.5 Å². The van der Waals surface area contributed by atoms with E-state index in [2.05, 4.69) is 0 Å². The van der Waals surface area contributed by atoms with Gasteiger partial charge >= 0.3 is 0 Å². The zero-order chi connectivity index (χ0) is 21.2. The largest absolute Gasteiger partial charge is 0.322 e. The summed E-state index contributed by atoms with van der Waals surface area (Å²) in [5.41, 5.74) is 3.18. The van der Waals surface area contributed by atoms with E-state index < -0.39 is 17.9 Å². The van der Waals surface area contributed by atoms with Crippen molar-refractivity contribution in [3.05, 3.63) is 64.2 Å². The van der Waals surface area contributed by atoms with E-state index in [0.29, 0.717) is 16.3 Å². The number of fused-ring (bicyclic) bond motifs is 3. The van der Waals surface area contributed by atoms with E-state index in [1.54, 1.807) is 24.3 Å². The Morgan fingerprint density at radius 1 is 1.00 bits per heavy atom. The van der Waals surface area contributed by atoms with Crippen molar-refractivity contribution in [2.75, 3.05) is 11.4 Å². The van der Waals surface area contributed by atoms with E-state index in [4.69, 9.17) is 11.6 Å². The number of carbonyl (C=O) groups is 3. The summed E-state index contributed by atoms with van der Waals surface area (Å²) in [5.74, 6) is -1.46. The summed E-state index contributed by atoms with van der Waals surface area (Å²) in [4.78, 5) is 43.0. The lowest BCUT2D eigenvalue weighted by Crippen LogP contribution is -3.16. The third-order valence-electron chi connectivity index (χ3n) is 6.92. The minimum absolute atomic E-state index is 0.0311. The molecule has 0 saturated carbocycles. The van der Waals surface area contributed by atoms with Crippen LogP contribution in [0.2, 0.25) is 5.02 Å². The second kappa shape index (κ2) is 7.03. The first-order chi connectivity index (χ1) is 14.4. The van der Waals surface area contributed by atoms with Crippen molar-refractivity contribution in [2.24, 2.45) is 11.8 Å². The topological polar surface area (TPSA) is 58.9 Å². The smallest absolute Gasteiger partial charge is 0.244 e. The number of ketones is 1. The first-order valence-electron chi connectivity index (χ1n) is 10.5. The molecule has 6 heteroatoms. The van der Waals surface area contributed by atoms with Gasteiger partial charge in [-0.3, -0.25) is 14.4 Å². The van der Waals surface area contributed by atoms with E-state index >= 15 is 0 Å². The Kier molecular flexibility index (Phi) is 4.56. The number of aryl methyl sites for hydroxylation is 2. The van der Waals surface area contributed by atoms with Crippen molar-refractivity contribution in [3.8, 4) is 0 Å². The molecule has 3 saturated heterocycles. The summed E-state index contributed by atoms with van der Waals surface area (Å²) in [7, 11) is 0. The Morgan fingerprint density at radius 2 is 1.63 bits per heavy atom. The van der Waals surface area contributed by atoms with Crippen molar-refractivity contribution in [2.45, 2.75) is 38.8 Å². The maximum atomic E-state index is 13.6. The minimum Gasteiger partial charge on any atom is -0.322 e. The van der Waals surface area contributed by atoms with E-state index in [9.17, 15) is 14.4 Å². The Morgan fingerprint density at radius 3 is 2.30 bits per heavy atom. The Balaban J connectivity index is 1.56. The molecule has 0 aliphatic carbocycles. The molecule has 30 heavy (non-hydrogen) atoms. The molecule has 5 rings (SSSR count). The maximum absolute atomic E-state index is 13.6. The molecule has 3 fully saturated rings. The van der Waals surface area contributed by atoms with Crippen LogP contribution in [-0.2, 0) is 9.59 Å². The molecule has 5 atom stereocenters. The first-order valence-corrected chi connectivity index (χ1v) is 10.9. The summed E-state index contributed by atoms with van der Waals surface area (Å²) < 4.78 is 0. The van der Waals surface area contributed by atoms with Gasteiger partial charge in [-0.15, -0.1) is 0 Å². The fraction of sp³-hybridized carbons (Fsp3) is 0.375. The lowest BCUT2D eigenvalue weighted by Gasteiger charge is -2.25. The summed E-state index contributed by atoms with van der Waals surface area (Å²) >= 11 is 5.99. The van der Waals surface area contributed by atoms with Crippen LogP contribution in [0.25, 0.3) is 0 Å². The molecule has 3 heterocycles. The SMILES string of the molecule is Cc1cc(C)cc(N2C(=O)[C@@H]3[C@@H](C2=O)[C@@H]2CCC[NH+]2[C@@H]3C(=O)c2ccc(Cl)cc2)c1. The summed E-state index contributed by atoms with van der Waals surface area (Å²) in [6, 6.07) is 12.1. The van der Waals surface area contributed by atoms with Crippen LogP contribution in [0.3, 0.4) is 0 Å². The molecular formula is C24H24ClN2O3+. The van der Waals surface area contributed by atoms with Crippen LogP contribution < -0.4 is 9.80 Å². The molecule has 0 radical (unpaired) electrons. The number of anilines is 1. The van der Waals surface area contributed by atoms with Crippen LogP contribution in [0.1, 0.15) is 34.3 Å². The highest BCUT2D eigenvalue weighted by Gasteiger charge is 2.68. The number of hydrogen-bond acceptors (Lipinski definition) is 3. The number of rotatable bonds is 3. The van der Waals surface area contributed by atoms with Crippen molar-refractivity contribution >= 4 is 34.9 Å². The zero-order valence-electron chi connectivity index (χ0n) is 17.0. The Bertz CT molecular complexity index is 1040. The fourth-order valence-corrected chi connectivity index (χ4v) is 6.00. The van der Waals surface area contributed by atoms with E-state index in [1.165, 1.54) is 4.90 Å². The molecular weight excluding hydrogens is 400 g/mol. The lowest BCUT2D eigenvalue weighted by molar-refractivity contribution is -0.915. The molecule has 3 aliphatic rings. The molecule has 2 aromatic rings. The minimum atomic E-state index is -0.596. The number of nitrogens with one attached hydrogen (secondary N) is 1. The maximum Gasteiger partial charge on any atom is 0.244 e. The second-order valence-corrected chi connectivity index (χ2v) is 9.27. The van der Waals surface area contributed by atoms with Crippen molar-refractivity contribution in [1.82, 2.24) is 0 Å². The fourth-order valence-electron chi connectivity index (χ4n) is 5.87. The predicted octanol–water partition coefficient (Wildman–Crippen LogP) is 2.37. The van der Waals surface area contributed by atoms with Crippen LogP contribution in [-0.4, -0.2) is 36.2 Å². The zero-order valence-corrected chi connectivity index (χ0v) is 17.8. The summed E-state index contributed by atoms with van der Waals surface area (Å²) in [6.07, 6.45) is 1.85. The quantitative estimate of drug-likeness (QED) is 0.609. The van der Waals surface area contributed by atoms with Crippen molar-refractivity contribution < 1.29 is 19.3 Å². The Hall–Kier alpha value is -2.50. The van der Waals surface area contributed by atoms with Crippen LogP contribution in [0, 0.1) is 25.7 Å². The number of Topliss-reactive ketones (excluding diaryl/α,β-unsaturated/α-hetero) is 1. The molecule has 3 aliphatic heterocycles. The average Bonchev–Trinajstić information content (AvgIpc) is 3.33. The van der Waals surface area contributed by atoms with Gasteiger partial charge in [-0.1, -0.05) is 17.7 Å². The number of halogens is 1. The predicted molar refractivity (Wildman–Crippen MR) is 114 cm³/mol. The molecule has 5 nitrogen and oxygen atoms in total. The molecule has 0 spiro atoms. The van der Waals surface area contributed by atoms with Crippen LogP contribution in [0.5, 0.6) is 0 Å². The number of hydrogen-bond donors (Lipinski definition) is 1. The van der Waals surface area contributed by atoms with Gasteiger partial charge in [0, 0.05) is 23.4 Å². The van der Waals surface area contributed by atoms with Gasteiger partial charge in [0.05, 0.1) is 12.2 Å². The first kappa shape index (κ1) is 19.5. The van der Waals surface area contributed by atoms with E-state index in [-0.39, 0.29) is 23.6 Å². The lowest BCUT2D eigenvalue weighted by atomic mass is 9.85. The molecule has 0 aromatic heterocycles. The molecule has 1 unspecified atom stereocenters. The number of carbonyl (C=O) groups excluding carboxylic acids is 3. The molecule has 154 valence electrons. The summed E-state index contributed by atoms with van der Waals surface area (Å²) in [5, 5.41) is 0.565. The van der Waals surface area contributed by atoms with Gasteiger partial charge in [-0.05, 0) is 61.4 Å². The second-order valence-electron chi connectivity index (χ2n) is 8.83.